The zero-order valence-corrected chi connectivity index (χ0v) is 10.0. The molecule has 1 atom stereocenters. The SMILES string of the molecule is COC(C)C(=O)Nc1cnccc1N(C)C. The molecule has 1 aromatic heterocycles. The highest BCUT2D eigenvalue weighted by Crippen LogP contribution is 2.22. The zero-order valence-electron chi connectivity index (χ0n) is 10.0. The zero-order chi connectivity index (χ0) is 12.1. The Morgan fingerprint density at radius 3 is 2.81 bits per heavy atom. The number of nitrogens with zero attached hydrogens (tertiary/aromatic N) is 2. The van der Waals surface area contributed by atoms with E-state index in [9.17, 15) is 4.79 Å². The molecule has 0 aliphatic carbocycles. The molecule has 0 saturated heterocycles. The molecule has 0 fully saturated rings. The molecule has 1 rings (SSSR count). The quantitative estimate of drug-likeness (QED) is 0.831. The van der Waals surface area contributed by atoms with Crippen LogP contribution in [0.25, 0.3) is 0 Å². The second-order valence-corrected chi connectivity index (χ2v) is 3.65. The molecule has 0 radical (unpaired) electrons. The van der Waals surface area contributed by atoms with Gasteiger partial charge in [0.1, 0.15) is 6.10 Å². The fourth-order valence-corrected chi connectivity index (χ4v) is 1.21. The molecule has 16 heavy (non-hydrogen) atoms. The summed E-state index contributed by atoms with van der Waals surface area (Å²) in [5.74, 6) is -0.182. The third-order valence-corrected chi connectivity index (χ3v) is 2.26. The molecule has 0 bridgehead atoms. The fourth-order valence-electron chi connectivity index (χ4n) is 1.21. The lowest BCUT2D eigenvalue weighted by Crippen LogP contribution is -2.27. The number of aromatic nitrogens is 1. The number of nitrogens with one attached hydrogen (secondary N) is 1. The molecule has 0 aliphatic heterocycles. The molecule has 0 spiro atoms. The number of ether oxygens (including phenoxy) is 1. The average molecular weight is 223 g/mol. The maximum absolute atomic E-state index is 11.6. The predicted molar refractivity (Wildman–Crippen MR) is 63.7 cm³/mol. The van der Waals surface area contributed by atoms with E-state index in [1.54, 1.807) is 19.3 Å². The molecule has 1 unspecified atom stereocenters. The van der Waals surface area contributed by atoms with Crippen LogP contribution in [-0.4, -0.2) is 38.2 Å². The number of amides is 1. The van der Waals surface area contributed by atoms with Gasteiger partial charge in [-0.15, -0.1) is 0 Å². The topological polar surface area (TPSA) is 54.5 Å². The van der Waals surface area contributed by atoms with Crippen molar-refractivity contribution in [2.75, 3.05) is 31.4 Å². The summed E-state index contributed by atoms with van der Waals surface area (Å²) in [7, 11) is 5.32. The van der Waals surface area contributed by atoms with Gasteiger partial charge in [0.05, 0.1) is 17.6 Å². The van der Waals surface area contributed by atoms with Crippen molar-refractivity contribution in [2.24, 2.45) is 0 Å². The Labute approximate surface area is 95.4 Å². The molecule has 1 amide bonds. The van der Waals surface area contributed by atoms with Crippen molar-refractivity contribution < 1.29 is 9.53 Å². The summed E-state index contributed by atoms with van der Waals surface area (Å²) in [5, 5.41) is 2.77. The van der Waals surface area contributed by atoms with Gasteiger partial charge in [-0.1, -0.05) is 0 Å². The van der Waals surface area contributed by atoms with E-state index in [0.717, 1.165) is 5.69 Å². The van der Waals surface area contributed by atoms with E-state index < -0.39 is 6.10 Å². The van der Waals surface area contributed by atoms with Crippen LogP contribution in [0.4, 0.5) is 11.4 Å². The van der Waals surface area contributed by atoms with Crippen molar-refractivity contribution >= 4 is 17.3 Å². The Hall–Kier alpha value is -1.62. The van der Waals surface area contributed by atoms with Gasteiger partial charge in [0.25, 0.3) is 5.91 Å². The van der Waals surface area contributed by atoms with Gasteiger partial charge in [0.2, 0.25) is 0 Å². The Balaban J connectivity index is 2.84. The van der Waals surface area contributed by atoms with Crippen molar-refractivity contribution in [3.05, 3.63) is 18.5 Å². The minimum atomic E-state index is -0.477. The van der Waals surface area contributed by atoms with Crippen molar-refractivity contribution in [1.82, 2.24) is 4.98 Å². The number of hydrogen-bond donors (Lipinski definition) is 1. The third-order valence-electron chi connectivity index (χ3n) is 2.26. The maximum atomic E-state index is 11.6. The van der Waals surface area contributed by atoms with Crippen molar-refractivity contribution in [3.8, 4) is 0 Å². The number of carbonyl (C=O) groups excluding carboxylic acids is 1. The lowest BCUT2D eigenvalue weighted by molar-refractivity contribution is -0.124. The molecular weight excluding hydrogens is 206 g/mol. The smallest absolute Gasteiger partial charge is 0.253 e. The molecule has 0 aliphatic rings. The van der Waals surface area contributed by atoms with Crippen LogP contribution in [0, 0.1) is 0 Å². The first-order valence-corrected chi connectivity index (χ1v) is 5.01. The summed E-state index contributed by atoms with van der Waals surface area (Å²) < 4.78 is 4.94. The van der Waals surface area contributed by atoms with Gasteiger partial charge in [-0.3, -0.25) is 9.78 Å². The first-order chi connectivity index (χ1) is 7.56. The lowest BCUT2D eigenvalue weighted by Gasteiger charge is -2.18. The number of pyridine rings is 1. The van der Waals surface area contributed by atoms with Crippen LogP contribution < -0.4 is 10.2 Å². The van der Waals surface area contributed by atoms with E-state index in [4.69, 9.17) is 4.74 Å². The number of anilines is 2. The molecule has 0 saturated carbocycles. The fraction of sp³-hybridized carbons (Fsp3) is 0.455. The summed E-state index contributed by atoms with van der Waals surface area (Å²) in [6, 6.07) is 1.84. The Kier molecular flexibility index (Phi) is 4.25. The van der Waals surface area contributed by atoms with Crippen LogP contribution in [0.3, 0.4) is 0 Å². The summed E-state index contributed by atoms with van der Waals surface area (Å²) in [4.78, 5) is 17.5. The summed E-state index contributed by atoms with van der Waals surface area (Å²) in [6.07, 6.45) is 2.83. The highest BCUT2D eigenvalue weighted by atomic mass is 16.5. The Morgan fingerprint density at radius 2 is 2.25 bits per heavy atom. The standard InChI is InChI=1S/C11H17N3O2/c1-8(16-4)11(15)13-9-7-12-6-5-10(9)14(2)3/h5-8H,1-4H3,(H,13,15). The van der Waals surface area contributed by atoms with Crippen LogP contribution in [0.15, 0.2) is 18.5 Å². The van der Waals surface area contributed by atoms with E-state index in [1.807, 2.05) is 25.1 Å². The van der Waals surface area contributed by atoms with E-state index in [-0.39, 0.29) is 5.91 Å². The summed E-state index contributed by atoms with van der Waals surface area (Å²) in [6.45, 7) is 1.70. The van der Waals surface area contributed by atoms with Crippen molar-refractivity contribution in [2.45, 2.75) is 13.0 Å². The van der Waals surface area contributed by atoms with Gasteiger partial charge in [0.15, 0.2) is 0 Å². The average Bonchev–Trinajstić information content (AvgIpc) is 2.28. The highest BCUT2D eigenvalue weighted by molar-refractivity contribution is 5.96. The van der Waals surface area contributed by atoms with E-state index in [1.165, 1.54) is 7.11 Å². The molecule has 88 valence electrons. The first-order valence-electron chi connectivity index (χ1n) is 5.01. The molecule has 1 N–H and O–H groups in total. The maximum Gasteiger partial charge on any atom is 0.253 e. The Bertz CT molecular complexity index is 366. The molecule has 0 aromatic carbocycles. The molecule has 1 heterocycles. The highest BCUT2D eigenvalue weighted by Gasteiger charge is 2.14. The molecular formula is C11H17N3O2. The minimum Gasteiger partial charge on any atom is -0.376 e. The van der Waals surface area contributed by atoms with Crippen LogP contribution in [-0.2, 0) is 9.53 Å². The van der Waals surface area contributed by atoms with E-state index in [0.29, 0.717) is 5.69 Å². The molecule has 1 aromatic rings. The van der Waals surface area contributed by atoms with Gasteiger partial charge in [-0.05, 0) is 13.0 Å². The largest absolute Gasteiger partial charge is 0.376 e. The number of methoxy groups -OCH3 is 1. The summed E-state index contributed by atoms with van der Waals surface area (Å²) >= 11 is 0. The predicted octanol–water partition coefficient (Wildman–Crippen LogP) is 1.12. The van der Waals surface area contributed by atoms with Crippen LogP contribution >= 0.6 is 0 Å². The van der Waals surface area contributed by atoms with Gasteiger partial charge in [0, 0.05) is 27.4 Å². The van der Waals surface area contributed by atoms with Crippen molar-refractivity contribution in [3.63, 3.8) is 0 Å². The van der Waals surface area contributed by atoms with Gasteiger partial charge < -0.3 is 15.0 Å². The van der Waals surface area contributed by atoms with Gasteiger partial charge in [-0.25, -0.2) is 0 Å². The normalized spacial score (nSPS) is 12.0. The Morgan fingerprint density at radius 1 is 1.56 bits per heavy atom. The number of hydrogen-bond acceptors (Lipinski definition) is 4. The second kappa shape index (κ2) is 5.46. The third kappa shape index (κ3) is 2.93. The van der Waals surface area contributed by atoms with Gasteiger partial charge in [-0.2, -0.15) is 0 Å². The van der Waals surface area contributed by atoms with Crippen LogP contribution in [0.1, 0.15) is 6.92 Å². The lowest BCUT2D eigenvalue weighted by atomic mass is 10.3. The minimum absolute atomic E-state index is 0.182. The monoisotopic (exact) mass is 223 g/mol. The number of carbonyl (C=O) groups is 1. The van der Waals surface area contributed by atoms with Crippen molar-refractivity contribution in [1.29, 1.82) is 0 Å². The van der Waals surface area contributed by atoms with Gasteiger partial charge >= 0.3 is 0 Å². The molecule has 5 heteroatoms. The van der Waals surface area contributed by atoms with Crippen LogP contribution in [0.2, 0.25) is 0 Å². The van der Waals surface area contributed by atoms with Crippen LogP contribution in [0.5, 0.6) is 0 Å². The first kappa shape index (κ1) is 12.4. The number of rotatable bonds is 4. The summed E-state index contributed by atoms with van der Waals surface area (Å²) in [5.41, 5.74) is 1.59. The van der Waals surface area contributed by atoms with E-state index >= 15 is 0 Å². The second-order valence-electron chi connectivity index (χ2n) is 3.65. The molecule has 5 nitrogen and oxygen atoms in total. The van der Waals surface area contributed by atoms with E-state index in [2.05, 4.69) is 10.3 Å².